The minimum atomic E-state index is -4.91. The summed E-state index contributed by atoms with van der Waals surface area (Å²) in [6.45, 7) is 2.54. The molecule has 3 aromatic carbocycles. The fourth-order valence-electron chi connectivity index (χ4n) is 5.22. The van der Waals surface area contributed by atoms with Crippen LogP contribution in [0, 0.1) is 6.92 Å². The summed E-state index contributed by atoms with van der Waals surface area (Å²) in [6, 6.07) is 6.83. The number of alkyl halides is 12. The summed E-state index contributed by atoms with van der Waals surface area (Å²) in [5.41, 5.74) is -6.10. The summed E-state index contributed by atoms with van der Waals surface area (Å²) < 4.78 is 166. The van der Waals surface area contributed by atoms with E-state index in [1.54, 1.807) is 0 Å². The van der Waals surface area contributed by atoms with E-state index >= 15 is 0 Å². The zero-order valence-corrected chi connectivity index (χ0v) is 22.4. The van der Waals surface area contributed by atoms with E-state index < -0.39 is 59.8 Å². The Morgan fingerprint density at radius 1 is 0.698 bits per heavy atom. The van der Waals surface area contributed by atoms with Gasteiger partial charge in [-0.2, -0.15) is 52.7 Å². The molecule has 0 saturated heterocycles. The maximum absolute atomic E-state index is 13.9. The van der Waals surface area contributed by atoms with Crippen LogP contribution in [0.3, 0.4) is 0 Å². The van der Waals surface area contributed by atoms with Crippen LogP contribution in [0.5, 0.6) is 0 Å². The lowest BCUT2D eigenvalue weighted by molar-refractivity contribution is -0.138. The molecule has 0 fully saturated rings. The predicted molar refractivity (Wildman–Crippen MR) is 139 cm³/mol. The van der Waals surface area contributed by atoms with Crippen LogP contribution in [0.4, 0.5) is 52.7 Å². The number of halogens is 12. The monoisotopic (exact) mass is 622 g/mol. The zero-order chi connectivity index (χ0) is 32.1. The normalized spacial score (nSPS) is 14.9. The van der Waals surface area contributed by atoms with Crippen molar-refractivity contribution < 1.29 is 52.7 Å². The molecule has 0 radical (unpaired) electrons. The van der Waals surface area contributed by atoms with Crippen LogP contribution in [0.15, 0.2) is 59.7 Å². The largest absolute Gasteiger partial charge is 0.416 e. The van der Waals surface area contributed by atoms with Gasteiger partial charge in [0.15, 0.2) is 0 Å². The number of hydrogen-bond acceptors (Lipinski definition) is 0. The Morgan fingerprint density at radius 2 is 1.21 bits per heavy atom. The van der Waals surface area contributed by atoms with Crippen molar-refractivity contribution in [3.05, 3.63) is 93.1 Å². The lowest BCUT2D eigenvalue weighted by Gasteiger charge is -2.28. The molecule has 1 aliphatic carbocycles. The molecule has 0 spiro atoms. The molecule has 0 bridgehead atoms. The number of benzene rings is 3. The summed E-state index contributed by atoms with van der Waals surface area (Å²) in [5, 5.41) is 0. The molecule has 43 heavy (non-hydrogen) atoms. The molecule has 1 aliphatic rings. The Kier molecular flexibility index (Phi) is 8.31. The molecular formula is C31H22F12. The molecule has 0 aromatic heterocycles. The Labute approximate surface area is 238 Å². The molecule has 12 heteroatoms. The van der Waals surface area contributed by atoms with Crippen molar-refractivity contribution in [1.82, 2.24) is 0 Å². The van der Waals surface area contributed by atoms with Gasteiger partial charge in [0.25, 0.3) is 0 Å². The average molecular weight is 622 g/mol. The van der Waals surface area contributed by atoms with E-state index in [1.165, 1.54) is 13.8 Å². The summed E-state index contributed by atoms with van der Waals surface area (Å²) in [6.07, 6.45) is -19.5. The van der Waals surface area contributed by atoms with Gasteiger partial charge in [-0.25, -0.2) is 0 Å². The summed E-state index contributed by atoms with van der Waals surface area (Å²) >= 11 is 0. The molecule has 3 aromatic rings. The van der Waals surface area contributed by atoms with Crippen molar-refractivity contribution in [2.75, 3.05) is 0 Å². The van der Waals surface area contributed by atoms with Crippen molar-refractivity contribution in [2.45, 2.75) is 57.8 Å². The Morgan fingerprint density at radius 3 is 1.65 bits per heavy atom. The van der Waals surface area contributed by atoms with Gasteiger partial charge in [0, 0.05) is 11.1 Å². The molecule has 0 saturated carbocycles. The third-order valence-electron chi connectivity index (χ3n) is 7.32. The first-order chi connectivity index (χ1) is 19.7. The van der Waals surface area contributed by atoms with E-state index in [-0.39, 0.29) is 50.9 Å². The molecule has 0 unspecified atom stereocenters. The van der Waals surface area contributed by atoms with Gasteiger partial charge in [-0.15, -0.1) is 0 Å². The van der Waals surface area contributed by atoms with Crippen molar-refractivity contribution in [1.29, 1.82) is 0 Å². The van der Waals surface area contributed by atoms with E-state index in [9.17, 15) is 52.7 Å². The molecule has 0 nitrogen and oxygen atoms in total. The third kappa shape index (κ3) is 6.62. The van der Waals surface area contributed by atoms with Gasteiger partial charge in [0.1, 0.15) is 0 Å². The van der Waals surface area contributed by atoms with Crippen LogP contribution in [-0.4, -0.2) is 12.4 Å². The predicted octanol–water partition coefficient (Wildman–Crippen LogP) is 11.6. The quantitative estimate of drug-likeness (QED) is 0.254. The number of rotatable bonds is 4. The zero-order valence-electron chi connectivity index (χ0n) is 22.4. The second kappa shape index (κ2) is 11.1. The Balaban J connectivity index is 2.28. The second-order valence-corrected chi connectivity index (χ2v) is 10.0. The van der Waals surface area contributed by atoms with Crippen molar-refractivity contribution in [3.63, 3.8) is 0 Å². The summed E-state index contributed by atoms with van der Waals surface area (Å²) in [4.78, 5) is 0. The molecule has 4 rings (SSSR count). The number of allylic oxidation sites excluding steroid dienone is 2. The van der Waals surface area contributed by atoms with E-state index in [0.29, 0.717) is 30.3 Å². The van der Waals surface area contributed by atoms with Gasteiger partial charge in [0.05, 0.1) is 11.1 Å². The lowest BCUT2D eigenvalue weighted by atomic mass is 9.76. The Bertz CT molecular complexity index is 1590. The van der Waals surface area contributed by atoms with Gasteiger partial charge in [0.2, 0.25) is 0 Å². The second-order valence-electron chi connectivity index (χ2n) is 10.0. The van der Waals surface area contributed by atoms with Crippen molar-refractivity contribution in [3.8, 4) is 22.3 Å². The Hall–Kier alpha value is -3.70. The highest BCUT2D eigenvalue weighted by Gasteiger charge is 2.38. The fraction of sp³-hybridized carbons (Fsp3) is 0.290. The van der Waals surface area contributed by atoms with Crippen LogP contribution in [0.2, 0.25) is 0 Å². The van der Waals surface area contributed by atoms with Gasteiger partial charge in [-0.05, 0) is 107 Å². The van der Waals surface area contributed by atoms with Crippen LogP contribution in [0.1, 0.15) is 53.1 Å². The molecular weight excluding hydrogens is 600 g/mol. The third-order valence-corrected chi connectivity index (χ3v) is 7.32. The summed E-state index contributed by atoms with van der Waals surface area (Å²) in [7, 11) is 0. The van der Waals surface area contributed by atoms with Crippen molar-refractivity contribution in [2.24, 2.45) is 0 Å². The molecule has 0 atom stereocenters. The smallest absolute Gasteiger partial charge is 0.166 e. The van der Waals surface area contributed by atoms with Crippen LogP contribution < -0.4 is 0 Å². The minimum Gasteiger partial charge on any atom is -0.166 e. The molecule has 0 amide bonds. The van der Waals surface area contributed by atoms with Crippen LogP contribution in [0.25, 0.3) is 34.4 Å². The maximum atomic E-state index is 13.9. The molecule has 230 valence electrons. The average Bonchev–Trinajstić information content (AvgIpc) is 2.90. The highest BCUT2D eigenvalue weighted by atomic mass is 19.4. The standard InChI is InChI=1S/C31H22F12/c1-3-19(28(32,33)34)14-24-16(2)23-11-10-22(31(41,42)43)15-25(23)27(18-7-5-9-21(13-18)30(38,39)40)26(24)17-6-4-8-20(12-17)29(35,36)37/h4-9,12-15H,3,10-11H2,1-2H3/b19-14+. The van der Waals surface area contributed by atoms with Gasteiger partial charge in [-0.1, -0.05) is 31.2 Å². The SMILES string of the molecule is CC/C(=C\c1c(C)c2c(c(-c3cccc(C(F)(F)F)c3)c1-c1cccc(C(F)(F)F)c1)C=C(C(F)(F)F)CC2)C(F)(F)F. The first-order valence-corrected chi connectivity index (χ1v) is 12.8. The molecule has 0 heterocycles. The number of hydrogen-bond donors (Lipinski definition) is 0. The number of fused-ring (bicyclic) bond motifs is 1. The summed E-state index contributed by atoms with van der Waals surface area (Å²) in [5.74, 6) is 0. The van der Waals surface area contributed by atoms with Gasteiger partial charge >= 0.3 is 24.7 Å². The highest BCUT2D eigenvalue weighted by molar-refractivity contribution is 5.97. The van der Waals surface area contributed by atoms with E-state index in [1.807, 2.05) is 0 Å². The fourth-order valence-corrected chi connectivity index (χ4v) is 5.22. The minimum absolute atomic E-state index is 0.0748. The first kappa shape index (κ1) is 32.2. The lowest BCUT2D eigenvalue weighted by Crippen LogP contribution is -2.17. The van der Waals surface area contributed by atoms with Crippen LogP contribution >= 0.6 is 0 Å². The first-order valence-electron chi connectivity index (χ1n) is 12.8. The molecule has 0 N–H and O–H groups in total. The van der Waals surface area contributed by atoms with E-state index in [0.717, 1.165) is 30.3 Å². The van der Waals surface area contributed by atoms with E-state index in [2.05, 4.69) is 0 Å². The van der Waals surface area contributed by atoms with Gasteiger partial charge < -0.3 is 0 Å². The highest BCUT2D eigenvalue weighted by Crippen LogP contribution is 2.49. The van der Waals surface area contributed by atoms with E-state index in [4.69, 9.17) is 0 Å². The maximum Gasteiger partial charge on any atom is 0.416 e. The topological polar surface area (TPSA) is 0 Å². The van der Waals surface area contributed by atoms with Crippen molar-refractivity contribution >= 4 is 12.2 Å². The van der Waals surface area contributed by atoms with Gasteiger partial charge in [-0.3, -0.25) is 0 Å². The molecule has 0 aliphatic heterocycles. The van der Waals surface area contributed by atoms with Crippen LogP contribution in [-0.2, 0) is 18.8 Å².